The summed E-state index contributed by atoms with van der Waals surface area (Å²) in [5.74, 6) is 0.263. The molecule has 1 amide bonds. The lowest BCUT2D eigenvalue weighted by Crippen LogP contribution is -2.36. The fraction of sp³-hybridized carbons (Fsp3) is 0.364. The number of nitrogens with zero attached hydrogens (tertiary/aromatic N) is 1. The number of aliphatic imine (C=N–C) groups is 1. The average molecular weight is 365 g/mol. The molecule has 1 aliphatic heterocycles. The van der Waals surface area contributed by atoms with Gasteiger partial charge in [-0.1, -0.05) is 36.8 Å². The Morgan fingerprint density at radius 1 is 1.15 bits per heavy atom. The summed E-state index contributed by atoms with van der Waals surface area (Å²) in [6.07, 6.45) is 3.19. The summed E-state index contributed by atoms with van der Waals surface area (Å²) in [5, 5.41) is 6.13. The van der Waals surface area contributed by atoms with Crippen molar-refractivity contribution in [3.63, 3.8) is 0 Å². The second-order valence-electron chi connectivity index (χ2n) is 6.82. The normalized spacial score (nSPS) is 17.0. The van der Waals surface area contributed by atoms with Gasteiger partial charge in [-0.3, -0.25) is 10.1 Å². The van der Waals surface area contributed by atoms with Crippen LogP contribution in [0.2, 0.25) is 0 Å². The van der Waals surface area contributed by atoms with E-state index < -0.39 is 0 Å². The molecule has 0 radical (unpaired) electrons. The van der Waals surface area contributed by atoms with Gasteiger partial charge in [-0.05, 0) is 56.0 Å². The smallest absolute Gasteiger partial charge is 0.257 e. The van der Waals surface area contributed by atoms with E-state index in [-0.39, 0.29) is 12.0 Å². The van der Waals surface area contributed by atoms with E-state index >= 15 is 0 Å². The molecule has 0 aliphatic carbocycles. The molecule has 0 spiro atoms. The molecule has 2 N–H and O–H groups in total. The van der Waals surface area contributed by atoms with E-state index in [2.05, 4.69) is 34.7 Å². The van der Waals surface area contributed by atoms with Crippen LogP contribution in [-0.2, 0) is 11.2 Å². The first-order chi connectivity index (χ1) is 13.1. The van der Waals surface area contributed by atoms with Gasteiger partial charge in [0.15, 0.2) is 0 Å². The van der Waals surface area contributed by atoms with Crippen molar-refractivity contribution in [3.05, 3.63) is 65.2 Å². The summed E-state index contributed by atoms with van der Waals surface area (Å²) in [4.78, 5) is 17.2. The monoisotopic (exact) mass is 365 g/mol. The lowest BCUT2D eigenvalue weighted by molar-refractivity contribution is 0.0975. The van der Waals surface area contributed by atoms with Gasteiger partial charge in [0.2, 0.25) is 5.96 Å². The standard InChI is InChI=1S/C22H27N3O2/c1-3-17-8-12-19(13-9-17)24-22(23-15-20-5-4-14-27-20)25-21(26)18-10-6-16(2)7-11-18/h6-13,20H,3-5,14-15H2,1-2H3,(H2,23,24,25,26). The zero-order valence-corrected chi connectivity index (χ0v) is 16.0. The summed E-state index contributed by atoms with van der Waals surface area (Å²) in [6.45, 7) is 5.44. The Morgan fingerprint density at radius 3 is 2.52 bits per heavy atom. The van der Waals surface area contributed by atoms with E-state index in [1.807, 2.05) is 43.3 Å². The third-order valence-corrected chi connectivity index (χ3v) is 4.65. The molecule has 1 aliphatic rings. The first-order valence-corrected chi connectivity index (χ1v) is 9.54. The second kappa shape index (κ2) is 9.33. The van der Waals surface area contributed by atoms with Crippen LogP contribution >= 0.6 is 0 Å². The van der Waals surface area contributed by atoms with Crippen LogP contribution in [0.15, 0.2) is 53.5 Å². The van der Waals surface area contributed by atoms with Gasteiger partial charge in [0.1, 0.15) is 0 Å². The van der Waals surface area contributed by atoms with Gasteiger partial charge in [0, 0.05) is 17.9 Å². The van der Waals surface area contributed by atoms with Gasteiger partial charge in [-0.25, -0.2) is 4.99 Å². The fourth-order valence-corrected chi connectivity index (χ4v) is 2.94. The van der Waals surface area contributed by atoms with Crippen molar-refractivity contribution in [2.45, 2.75) is 39.2 Å². The summed E-state index contributed by atoms with van der Waals surface area (Å²) in [6, 6.07) is 15.6. The van der Waals surface area contributed by atoms with Gasteiger partial charge >= 0.3 is 0 Å². The summed E-state index contributed by atoms with van der Waals surface area (Å²) < 4.78 is 5.64. The Kier molecular flexibility index (Phi) is 6.60. The maximum atomic E-state index is 12.6. The number of nitrogens with one attached hydrogen (secondary N) is 2. The predicted octanol–water partition coefficient (Wildman–Crippen LogP) is 3.93. The molecule has 27 heavy (non-hydrogen) atoms. The van der Waals surface area contributed by atoms with Crippen LogP contribution in [0.5, 0.6) is 0 Å². The fourth-order valence-electron chi connectivity index (χ4n) is 2.94. The number of benzene rings is 2. The minimum atomic E-state index is -0.182. The topological polar surface area (TPSA) is 62.7 Å². The molecule has 1 atom stereocenters. The largest absolute Gasteiger partial charge is 0.376 e. The van der Waals surface area contributed by atoms with Crippen molar-refractivity contribution in [2.24, 2.45) is 4.99 Å². The number of carbonyl (C=O) groups excluding carboxylic acids is 1. The van der Waals surface area contributed by atoms with E-state index in [4.69, 9.17) is 4.74 Å². The van der Waals surface area contributed by atoms with Crippen LogP contribution in [0.1, 0.15) is 41.3 Å². The van der Waals surface area contributed by atoms with Crippen molar-refractivity contribution < 1.29 is 9.53 Å². The minimum Gasteiger partial charge on any atom is -0.376 e. The molecule has 3 rings (SSSR count). The molecule has 1 saturated heterocycles. The molecule has 2 aromatic carbocycles. The number of hydrogen-bond donors (Lipinski definition) is 2. The Bertz CT molecular complexity index is 776. The van der Waals surface area contributed by atoms with Gasteiger partial charge in [-0.15, -0.1) is 0 Å². The molecule has 1 fully saturated rings. The molecule has 5 nitrogen and oxygen atoms in total. The lowest BCUT2D eigenvalue weighted by Gasteiger charge is -2.14. The first-order valence-electron chi connectivity index (χ1n) is 9.54. The van der Waals surface area contributed by atoms with Crippen molar-refractivity contribution >= 4 is 17.6 Å². The Balaban J connectivity index is 1.72. The second-order valence-corrected chi connectivity index (χ2v) is 6.82. The molecule has 1 unspecified atom stereocenters. The Morgan fingerprint density at radius 2 is 1.89 bits per heavy atom. The SMILES string of the molecule is CCc1ccc(NC(=NCC2CCCO2)NC(=O)c2ccc(C)cc2)cc1. The number of anilines is 1. The molecule has 0 aromatic heterocycles. The van der Waals surface area contributed by atoms with E-state index in [9.17, 15) is 4.79 Å². The number of aryl methyl sites for hydroxylation is 2. The average Bonchev–Trinajstić information content (AvgIpc) is 3.21. The van der Waals surface area contributed by atoms with Crippen LogP contribution in [-0.4, -0.2) is 31.1 Å². The molecular formula is C22H27N3O2. The van der Waals surface area contributed by atoms with Crippen LogP contribution in [0.3, 0.4) is 0 Å². The summed E-state index contributed by atoms with van der Waals surface area (Å²) in [7, 11) is 0. The number of amides is 1. The van der Waals surface area contributed by atoms with E-state index in [0.29, 0.717) is 18.1 Å². The van der Waals surface area contributed by atoms with Crippen molar-refractivity contribution in [1.82, 2.24) is 5.32 Å². The number of carbonyl (C=O) groups is 1. The Labute approximate surface area is 160 Å². The number of ether oxygens (including phenoxy) is 1. The molecule has 0 saturated carbocycles. The van der Waals surface area contributed by atoms with Gasteiger partial charge < -0.3 is 10.1 Å². The molecular weight excluding hydrogens is 338 g/mol. The van der Waals surface area contributed by atoms with E-state index in [1.54, 1.807) is 0 Å². The van der Waals surface area contributed by atoms with Crippen LogP contribution in [0.25, 0.3) is 0 Å². The molecule has 2 aromatic rings. The van der Waals surface area contributed by atoms with Crippen LogP contribution in [0, 0.1) is 6.92 Å². The van der Waals surface area contributed by atoms with Crippen molar-refractivity contribution in [3.8, 4) is 0 Å². The maximum Gasteiger partial charge on any atom is 0.257 e. The summed E-state index contributed by atoms with van der Waals surface area (Å²) >= 11 is 0. The highest BCUT2D eigenvalue weighted by Gasteiger charge is 2.16. The Hall–Kier alpha value is -2.66. The van der Waals surface area contributed by atoms with Gasteiger partial charge in [-0.2, -0.15) is 0 Å². The maximum absolute atomic E-state index is 12.6. The van der Waals surface area contributed by atoms with E-state index in [0.717, 1.165) is 37.1 Å². The highest BCUT2D eigenvalue weighted by Crippen LogP contribution is 2.13. The lowest BCUT2D eigenvalue weighted by atomic mass is 10.1. The minimum absolute atomic E-state index is 0.126. The van der Waals surface area contributed by atoms with E-state index in [1.165, 1.54) is 5.56 Å². The number of rotatable bonds is 5. The number of hydrogen-bond acceptors (Lipinski definition) is 3. The van der Waals surface area contributed by atoms with Crippen LogP contribution < -0.4 is 10.6 Å². The van der Waals surface area contributed by atoms with Crippen LogP contribution in [0.4, 0.5) is 5.69 Å². The molecule has 5 heteroatoms. The van der Waals surface area contributed by atoms with Crippen molar-refractivity contribution in [2.75, 3.05) is 18.5 Å². The number of guanidine groups is 1. The molecule has 0 bridgehead atoms. The molecule has 1 heterocycles. The quantitative estimate of drug-likeness (QED) is 0.623. The zero-order valence-electron chi connectivity index (χ0n) is 16.0. The first kappa shape index (κ1) is 19.1. The highest BCUT2D eigenvalue weighted by atomic mass is 16.5. The summed E-state index contributed by atoms with van der Waals surface area (Å²) in [5.41, 5.74) is 3.88. The van der Waals surface area contributed by atoms with Crippen molar-refractivity contribution in [1.29, 1.82) is 0 Å². The zero-order chi connectivity index (χ0) is 19.1. The van der Waals surface area contributed by atoms with Gasteiger partial charge in [0.25, 0.3) is 5.91 Å². The molecule has 142 valence electrons. The third-order valence-electron chi connectivity index (χ3n) is 4.65. The highest BCUT2D eigenvalue weighted by molar-refractivity contribution is 6.09. The van der Waals surface area contributed by atoms with Gasteiger partial charge in [0.05, 0.1) is 12.6 Å². The predicted molar refractivity (Wildman–Crippen MR) is 109 cm³/mol. The third kappa shape index (κ3) is 5.66.